The average Bonchev–Trinajstić information content (AvgIpc) is 2.48. The fourth-order valence-electron chi connectivity index (χ4n) is 2.12. The van der Waals surface area contributed by atoms with E-state index in [-0.39, 0.29) is 11.3 Å². The maximum absolute atomic E-state index is 12.3. The van der Waals surface area contributed by atoms with E-state index in [0.717, 1.165) is 12.0 Å². The normalized spacial score (nSPS) is 10.2. The molecule has 0 radical (unpaired) electrons. The van der Waals surface area contributed by atoms with E-state index in [1.807, 2.05) is 13.0 Å². The summed E-state index contributed by atoms with van der Waals surface area (Å²) in [6.45, 7) is 2.00. The smallest absolute Gasteiger partial charge is 0.347 e. The average molecular weight is 286 g/mol. The van der Waals surface area contributed by atoms with Gasteiger partial charge in [0.25, 0.3) is 0 Å². The van der Waals surface area contributed by atoms with Crippen molar-refractivity contribution in [3.05, 3.63) is 53.6 Å². The Morgan fingerprint density at radius 3 is 2.48 bits per heavy atom. The Labute approximate surface area is 123 Å². The highest BCUT2D eigenvalue weighted by Gasteiger charge is 2.19. The molecule has 0 aliphatic heterocycles. The lowest BCUT2D eigenvalue weighted by Crippen LogP contribution is -2.12. The second-order valence-corrected chi connectivity index (χ2v) is 4.63. The highest BCUT2D eigenvalue weighted by Crippen LogP contribution is 2.30. The van der Waals surface area contributed by atoms with Crippen LogP contribution in [-0.2, 0) is 6.42 Å². The Bertz CT molecular complexity index is 620. The van der Waals surface area contributed by atoms with Crippen molar-refractivity contribution in [2.75, 3.05) is 7.11 Å². The first-order chi connectivity index (χ1) is 10.2. The minimum absolute atomic E-state index is 0.126. The highest BCUT2D eigenvalue weighted by molar-refractivity contribution is 5.95. The summed E-state index contributed by atoms with van der Waals surface area (Å²) in [7, 11) is 1.52. The van der Waals surface area contributed by atoms with Gasteiger partial charge in [-0.15, -0.1) is 0 Å². The van der Waals surface area contributed by atoms with Crippen molar-refractivity contribution in [3.8, 4) is 17.2 Å². The lowest BCUT2D eigenvalue weighted by Gasteiger charge is -2.12. The second kappa shape index (κ2) is 6.79. The van der Waals surface area contributed by atoms with E-state index >= 15 is 0 Å². The van der Waals surface area contributed by atoms with Crippen LogP contribution in [0.25, 0.3) is 0 Å². The number of carbonyl (C=O) groups is 1. The van der Waals surface area contributed by atoms with Crippen molar-refractivity contribution in [1.29, 1.82) is 0 Å². The summed E-state index contributed by atoms with van der Waals surface area (Å²) in [4.78, 5) is 12.3. The Balaban J connectivity index is 2.35. The van der Waals surface area contributed by atoms with Crippen LogP contribution in [0.15, 0.2) is 42.5 Å². The van der Waals surface area contributed by atoms with E-state index in [1.54, 1.807) is 30.3 Å². The van der Waals surface area contributed by atoms with Crippen LogP contribution in [0.1, 0.15) is 29.3 Å². The van der Waals surface area contributed by atoms with Gasteiger partial charge in [-0.2, -0.15) is 0 Å². The zero-order valence-corrected chi connectivity index (χ0v) is 12.1. The van der Waals surface area contributed by atoms with E-state index in [4.69, 9.17) is 9.47 Å². The lowest BCUT2D eigenvalue weighted by molar-refractivity contribution is 0.0730. The molecule has 110 valence electrons. The van der Waals surface area contributed by atoms with Crippen LogP contribution in [0.5, 0.6) is 17.2 Å². The van der Waals surface area contributed by atoms with Crippen molar-refractivity contribution in [2.24, 2.45) is 0 Å². The van der Waals surface area contributed by atoms with Crippen LogP contribution in [0.3, 0.4) is 0 Å². The van der Waals surface area contributed by atoms with Crippen LogP contribution in [0, 0.1) is 0 Å². The number of ether oxygens (including phenoxy) is 2. The Hall–Kier alpha value is -2.49. The van der Waals surface area contributed by atoms with Gasteiger partial charge < -0.3 is 14.6 Å². The molecule has 4 heteroatoms. The molecule has 0 atom stereocenters. The van der Waals surface area contributed by atoms with Gasteiger partial charge in [0.05, 0.1) is 7.11 Å². The topological polar surface area (TPSA) is 55.8 Å². The van der Waals surface area contributed by atoms with Crippen molar-refractivity contribution in [1.82, 2.24) is 0 Å². The molecular formula is C17H18O4. The molecule has 0 heterocycles. The summed E-state index contributed by atoms with van der Waals surface area (Å²) < 4.78 is 10.4. The van der Waals surface area contributed by atoms with Gasteiger partial charge in [0.1, 0.15) is 22.8 Å². The van der Waals surface area contributed by atoms with Gasteiger partial charge in [-0.25, -0.2) is 4.79 Å². The molecule has 0 aromatic heterocycles. The van der Waals surface area contributed by atoms with E-state index < -0.39 is 5.97 Å². The van der Waals surface area contributed by atoms with Gasteiger partial charge >= 0.3 is 5.97 Å². The summed E-state index contributed by atoms with van der Waals surface area (Å²) in [5, 5.41) is 10.1. The third kappa shape index (κ3) is 3.54. The fraction of sp³-hybridized carbons (Fsp3) is 0.235. The number of hydrogen-bond acceptors (Lipinski definition) is 4. The van der Waals surface area contributed by atoms with E-state index in [2.05, 4.69) is 0 Å². The van der Waals surface area contributed by atoms with Crippen LogP contribution >= 0.6 is 0 Å². The number of benzene rings is 2. The second-order valence-electron chi connectivity index (χ2n) is 4.63. The van der Waals surface area contributed by atoms with Gasteiger partial charge in [-0.1, -0.05) is 31.5 Å². The molecule has 0 spiro atoms. The molecular weight excluding hydrogens is 268 g/mol. The first-order valence-corrected chi connectivity index (χ1v) is 6.82. The number of hydrogen-bond donors (Lipinski definition) is 1. The Morgan fingerprint density at radius 1 is 1.14 bits per heavy atom. The number of esters is 1. The molecule has 0 aliphatic carbocycles. The third-order valence-corrected chi connectivity index (χ3v) is 3.09. The molecule has 2 rings (SSSR count). The fourth-order valence-corrected chi connectivity index (χ4v) is 2.12. The summed E-state index contributed by atoms with van der Waals surface area (Å²) in [5.41, 5.74) is 0.914. The van der Waals surface area contributed by atoms with Crippen LogP contribution in [-0.4, -0.2) is 18.2 Å². The molecule has 21 heavy (non-hydrogen) atoms. The van der Waals surface area contributed by atoms with Gasteiger partial charge in [0.15, 0.2) is 0 Å². The first kappa shape index (κ1) is 14.9. The molecule has 1 N–H and O–H groups in total. The Kier molecular flexibility index (Phi) is 4.82. The summed E-state index contributed by atoms with van der Waals surface area (Å²) in [5.74, 6) is 0.274. The van der Waals surface area contributed by atoms with Gasteiger partial charge in [0.2, 0.25) is 0 Å². The molecule has 4 nitrogen and oxygen atoms in total. The van der Waals surface area contributed by atoms with E-state index in [0.29, 0.717) is 17.9 Å². The standard InChI is InChI=1S/C17H18O4/c1-3-7-12-10-14(20-2)11-15(18)16(12)17(19)21-13-8-5-4-6-9-13/h4-6,8-11,18H,3,7H2,1-2H3. The van der Waals surface area contributed by atoms with E-state index in [1.165, 1.54) is 13.2 Å². The van der Waals surface area contributed by atoms with Gasteiger partial charge in [-0.05, 0) is 30.2 Å². The third-order valence-electron chi connectivity index (χ3n) is 3.09. The zero-order valence-electron chi connectivity index (χ0n) is 12.1. The SMILES string of the molecule is CCCc1cc(OC)cc(O)c1C(=O)Oc1ccccc1. The van der Waals surface area contributed by atoms with Crippen LogP contribution in [0.4, 0.5) is 0 Å². The lowest BCUT2D eigenvalue weighted by atomic mass is 10.0. The molecule has 0 fully saturated rings. The molecule has 0 unspecified atom stereocenters. The minimum Gasteiger partial charge on any atom is -0.507 e. The predicted molar refractivity (Wildman–Crippen MR) is 80.1 cm³/mol. The largest absolute Gasteiger partial charge is 0.507 e. The number of para-hydroxylation sites is 1. The van der Waals surface area contributed by atoms with Gasteiger partial charge in [-0.3, -0.25) is 0 Å². The van der Waals surface area contributed by atoms with Crippen LogP contribution < -0.4 is 9.47 Å². The number of methoxy groups -OCH3 is 1. The predicted octanol–water partition coefficient (Wildman–Crippen LogP) is 3.57. The molecule has 2 aromatic rings. The Morgan fingerprint density at radius 2 is 1.86 bits per heavy atom. The molecule has 0 saturated heterocycles. The summed E-state index contributed by atoms with van der Waals surface area (Å²) >= 11 is 0. The summed E-state index contributed by atoms with van der Waals surface area (Å²) in [6.07, 6.45) is 1.50. The monoisotopic (exact) mass is 286 g/mol. The van der Waals surface area contributed by atoms with Crippen molar-refractivity contribution < 1.29 is 19.4 Å². The van der Waals surface area contributed by atoms with Crippen molar-refractivity contribution >= 4 is 5.97 Å². The maximum atomic E-state index is 12.3. The van der Waals surface area contributed by atoms with Crippen LogP contribution in [0.2, 0.25) is 0 Å². The summed E-state index contributed by atoms with van der Waals surface area (Å²) in [6, 6.07) is 12.0. The number of aryl methyl sites for hydroxylation is 1. The minimum atomic E-state index is -0.565. The number of phenolic OH excluding ortho intramolecular Hbond substituents is 1. The van der Waals surface area contributed by atoms with Gasteiger partial charge in [0, 0.05) is 6.07 Å². The molecule has 2 aromatic carbocycles. The number of rotatable bonds is 5. The number of phenols is 1. The number of aromatic hydroxyl groups is 1. The molecule has 0 amide bonds. The zero-order chi connectivity index (χ0) is 15.2. The van der Waals surface area contributed by atoms with E-state index in [9.17, 15) is 9.90 Å². The maximum Gasteiger partial charge on any atom is 0.347 e. The highest BCUT2D eigenvalue weighted by atomic mass is 16.5. The number of carbonyl (C=O) groups excluding carboxylic acids is 1. The molecule has 0 bridgehead atoms. The van der Waals surface area contributed by atoms with Crippen molar-refractivity contribution in [2.45, 2.75) is 19.8 Å². The molecule has 0 aliphatic rings. The van der Waals surface area contributed by atoms with Crippen molar-refractivity contribution in [3.63, 3.8) is 0 Å². The quantitative estimate of drug-likeness (QED) is 0.674. The molecule has 0 saturated carbocycles. The first-order valence-electron chi connectivity index (χ1n) is 6.82.